The summed E-state index contributed by atoms with van der Waals surface area (Å²) in [4.78, 5) is 25.0. The van der Waals surface area contributed by atoms with Gasteiger partial charge < -0.3 is 15.2 Å². The first-order chi connectivity index (χ1) is 10.4. The van der Waals surface area contributed by atoms with Gasteiger partial charge in [0.1, 0.15) is 0 Å². The number of aromatic carboxylic acids is 2. The highest BCUT2D eigenvalue weighted by atomic mass is 16.4. The minimum absolute atomic E-state index is 0.0931. The largest absolute Gasteiger partial charge is 0.478 e. The number of hydrogen-bond acceptors (Lipinski definition) is 2. The molecule has 3 N–H and O–H groups in total. The van der Waals surface area contributed by atoms with Crippen molar-refractivity contribution in [1.29, 1.82) is 0 Å². The summed E-state index contributed by atoms with van der Waals surface area (Å²) in [7, 11) is 0. The highest BCUT2D eigenvalue weighted by molar-refractivity contribution is 6.02. The average molecular weight is 309 g/mol. The maximum atomic E-state index is 11.2. The number of carbonyl (C=O) groups is 2. The van der Waals surface area contributed by atoms with E-state index in [4.69, 9.17) is 10.2 Å². The molecule has 0 bridgehead atoms. The van der Waals surface area contributed by atoms with Gasteiger partial charge in [-0.15, -0.1) is 0 Å². The first kappa shape index (κ1) is 18.3. The fourth-order valence-electron chi connectivity index (χ4n) is 2.64. The van der Waals surface area contributed by atoms with E-state index in [1.807, 2.05) is 0 Å². The van der Waals surface area contributed by atoms with Gasteiger partial charge in [0.05, 0.1) is 11.1 Å². The van der Waals surface area contributed by atoms with E-state index in [0.717, 1.165) is 25.2 Å². The van der Waals surface area contributed by atoms with Crippen molar-refractivity contribution in [2.75, 3.05) is 0 Å². The summed E-state index contributed by atoms with van der Waals surface area (Å²) in [6.45, 7) is 4.48. The number of aromatic nitrogens is 1. The third-order valence-electron chi connectivity index (χ3n) is 3.86. The summed E-state index contributed by atoms with van der Waals surface area (Å²) in [6.07, 6.45) is 9.95. The molecule has 0 saturated carbocycles. The Balaban J connectivity index is 2.31. The molecule has 0 radical (unpaired) electrons. The van der Waals surface area contributed by atoms with Crippen LogP contribution in [0.15, 0.2) is 6.20 Å². The zero-order valence-electron chi connectivity index (χ0n) is 13.5. The Bertz CT molecular complexity index is 491. The van der Waals surface area contributed by atoms with E-state index in [1.54, 1.807) is 0 Å². The molecule has 1 heterocycles. The molecule has 0 unspecified atom stereocenters. The van der Waals surface area contributed by atoms with Crippen molar-refractivity contribution in [2.24, 2.45) is 5.92 Å². The molecule has 5 nitrogen and oxygen atoms in total. The van der Waals surface area contributed by atoms with E-state index in [2.05, 4.69) is 18.8 Å². The van der Waals surface area contributed by atoms with Crippen LogP contribution in [-0.2, 0) is 6.42 Å². The first-order valence-electron chi connectivity index (χ1n) is 8.10. The molecule has 0 aliphatic heterocycles. The highest BCUT2D eigenvalue weighted by Gasteiger charge is 2.21. The van der Waals surface area contributed by atoms with Crippen molar-refractivity contribution in [2.45, 2.75) is 65.2 Å². The van der Waals surface area contributed by atoms with E-state index in [9.17, 15) is 9.59 Å². The van der Waals surface area contributed by atoms with Crippen molar-refractivity contribution in [3.05, 3.63) is 23.0 Å². The maximum absolute atomic E-state index is 11.2. The molecule has 0 aromatic carbocycles. The summed E-state index contributed by atoms with van der Waals surface area (Å²) >= 11 is 0. The van der Waals surface area contributed by atoms with Crippen LogP contribution in [0.4, 0.5) is 0 Å². The maximum Gasteiger partial charge on any atom is 0.338 e. The number of hydrogen-bond donors (Lipinski definition) is 3. The summed E-state index contributed by atoms with van der Waals surface area (Å²) in [5, 5.41) is 18.1. The zero-order valence-corrected chi connectivity index (χ0v) is 13.5. The van der Waals surface area contributed by atoms with Gasteiger partial charge >= 0.3 is 11.9 Å². The molecule has 1 rings (SSSR count). The topological polar surface area (TPSA) is 90.4 Å². The van der Waals surface area contributed by atoms with Crippen molar-refractivity contribution in [3.63, 3.8) is 0 Å². The molecule has 1 aromatic rings. The number of aryl methyl sites for hydroxylation is 1. The normalized spacial score (nSPS) is 11.0. The van der Waals surface area contributed by atoms with Crippen LogP contribution in [0.25, 0.3) is 0 Å². The van der Waals surface area contributed by atoms with Gasteiger partial charge in [-0.2, -0.15) is 0 Å². The predicted molar refractivity (Wildman–Crippen MR) is 85.6 cm³/mol. The Morgan fingerprint density at radius 1 is 1.00 bits per heavy atom. The summed E-state index contributed by atoms with van der Waals surface area (Å²) < 4.78 is 0. The molecule has 5 heteroatoms. The molecular formula is C17H27NO4. The predicted octanol–water partition coefficient (Wildman–Crippen LogP) is 4.34. The fraction of sp³-hybridized carbons (Fsp3) is 0.647. The molecule has 0 saturated heterocycles. The molecule has 0 fully saturated rings. The number of H-pyrrole nitrogens is 1. The first-order valence-corrected chi connectivity index (χ1v) is 8.10. The summed E-state index contributed by atoms with van der Waals surface area (Å²) in [5.74, 6) is -1.61. The lowest BCUT2D eigenvalue weighted by atomic mass is 10.0. The Morgan fingerprint density at radius 3 is 2.14 bits per heavy atom. The van der Waals surface area contributed by atoms with Gasteiger partial charge in [0, 0.05) is 11.9 Å². The number of carboxylic acids is 2. The minimum Gasteiger partial charge on any atom is -0.478 e. The van der Waals surface area contributed by atoms with E-state index < -0.39 is 11.9 Å². The minimum atomic E-state index is -1.20. The highest BCUT2D eigenvalue weighted by Crippen LogP contribution is 2.18. The van der Waals surface area contributed by atoms with Crippen molar-refractivity contribution in [1.82, 2.24) is 4.98 Å². The quantitative estimate of drug-likeness (QED) is 0.530. The molecule has 0 spiro atoms. The van der Waals surface area contributed by atoms with Gasteiger partial charge in [-0.1, -0.05) is 52.4 Å². The van der Waals surface area contributed by atoms with Crippen LogP contribution in [0.1, 0.15) is 85.2 Å². The lowest BCUT2D eigenvalue weighted by Gasteiger charge is -2.05. The SMILES string of the molecule is CC(C)CCCCCCCCc1[nH]cc(C(=O)O)c1C(=O)O. The van der Waals surface area contributed by atoms with Gasteiger partial charge in [-0.05, 0) is 18.8 Å². The Hall–Kier alpha value is -1.78. The second-order valence-electron chi connectivity index (χ2n) is 6.22. The average Bonchev–Trinajstić information content (AvgIpc) is 2.85. The summed E-state index contributed by atoms with van der Waals surface area (Å²) in [6, 6.07) is 0. The Labute approximate surface area is 131 Å². The molecule has 0 aliphatic carbocycles. The third-order valence-corrected chi connectivity index (χ3v) is 3.86. The van der Waals surface area contributed by atoms with E-state index in [0.29, 0.717) is 12.1 Å². The number of aromatic amines is 1. The van der Waals surface area contributed by atoms with Crippen molar-refractivity contribution < 1.29 is 19.8 Å². The lowest BCUT2D eigenvalue weighted by Crippen LogP contribution is -2.07. The zero-order chi connectivity index (χ0) is 16.5. The van der Waals surface area contributed by atoms with Crippen LogP contribution in [0.3, 0.4) is 0 Å². The van der Waals surface area contributed by atoms with Crippen LogP contribution < -0.4 is 0 Å². The Morgan fingerprint density at radius 2 is 1.59 bits per heavy atom. The second kappa shape index (κ2) is 9.28. The molecular weight excluding hydrogens is 282 g/mol. The van der Waals surface area contributed by atoms with Crippen LogP contribution >= 0.6 is 0 Å². The van der Waals surface area contributed by atoms with Crippen LogP contribution in [0.5, 0.6) is 0 Å². The molecule has 0 aliphatic rings. The van der Waals surface area contributed by atoms with Gasteiger partial charge in [-0.3, -0.25) is 0 Å². The van der Waals surface area contributed by atoms with Crippen LogP contribution in [0.2, 0.25) is 0 Å². The van der Waals surface area contributed by atoms with Crippen LogP contribution in [0, 0.1) is 5.92 Å². The van der Waals surface area contributed by atoms with Crippen molar-refractivity contribution >= 4 is 11.9 Å². The number of rotatable bonds is 11. The molecule has 0 atom stereocenters. The molecule has 124 valence electrons. The number of carboxylic acid groups (broad SMARTS) is 2. The van der Waals surface area contributed by atoms with Gasteiger partial charge in [-0.25, -0.2) is 9.59 Å². The second-order valence-corrected chi connectivity index (χ2v) is 6.22. The number of unbranched alkanes of at least 4 members (excludes halogenated alkanes) is 5. The van der Waals surface area contributed by atoms with Gasteiger partial charge in [0.2, 0.25) is 0 Å². The van der Waals surface area contributed by atoms with Crippen molar-refractivity contribution in [3.8, 4) is 0 Å². The van der Waals surface area contributed by atoms with Gasteiger partial charge in [0.25, 0.3) is 0 Å². The van der Waals surface area contributed by atoms with Gasteiger partial charge in [0.15, 0.2) is 0 Å². The lowest BCUT2D eigenvalue weighted by molar-refractivity contribution is 0.0652. The van der Waals surface area contributed by atoms with E-state index >= 15 is 0 Å². The summed E-state index contributed by atoms with van der Waals surface area (Å²) in [5.41, 5.74) is 0.269. The molecule has 1 aromatic heterocycles. The van der Waals surface area contributed by atoms with E-state index in [1.165, 1.54) is 31.9 Å². The van der Waals surface area contributed by atoms with Crippen LogP contribution in [-0.4, -0.2) is 27.1 Å². The number of nitrogens with one attached hydrogen (secondary N) is 1. The molecule has 0 amide bonds. The smallest absolute Gasteiger partial charge is 0.338 e. The van der Waals surface area contributed by atoms with E-state index in [-0.39, 0.29) is 11.1 Å². The Kier molecular flexibility index (Phi) is 7.71. The standard InChI is InChI=1S/C17H27NO4/c1-12(2)9-7-5-3-4-6-8-10-14-15(17(21)22)13(11-18-14)16(19)20/h11-12,18H,3-10H2,1-2H3,(H,19,20)(H,21,22). The fourth-order valence-corrected chi connectivity index (χ4v) is 2.64. The molecule has 22 heavy (non-hydrogen) atoms. The third kappa shape index (κ3) is 5.92. The monoisotopic (exact) mass is 309 g/mol.